The number of hydrogen-bond acceptors (Lipinski definition) is 5. The van der Waals surface area contributed by atoms with Crippen molar-refractivity contribution < 1.29 is 23.5 Å². The fourth-order valence-electron chi connectivity index (χ4n) is 2.17. The number of carbonyl (C=O) groups is 1. The maximum Gasteiger partial charge on any atom is 0.390 e. The smallest absolute Gasteiger partial charge is 0.390 e. The highest BCUT2D eigenvalue weighted by Gasteiger charge is 2.50. The highest BCUT2D eigenvalue weighted by Crippen LogP contribution is 2.69. The van der Waals surface area contributed by atoms with E-state index in [-0.39, 0.29) is 19.1 Å². The first-order valence-electron chi connectivity index (χ1n) is 7.21. The molecule has 22 heavy (non-hydrogen) atoms. The molecule has 0 aliphatic heterocycles. The van der Waals surface area contributed by atoms with Gasteiger partial charge in [0.2, 0.25) is 0 Å². The van der Waals surface area contributed by atoms with Crippen LogP contribution in [-0.4, -0.2) is 24.3 Å². The van der Waals surface area contributed by atoms with Gasteiger partial charge in [0.1, 0.15) is 0 Å². The van der Waals surface area contributed by atoms with E-state index in [1.165, 1.54) is 0 Å². The Morgan fingerprint density at radius 2 is 1.73 bits per heavy atom. The molecule has 0 saturated heterocycles. The van der Waals surface area contributed by atoms with E-state index in [1.807, 2.05) is 6.07 Å². The normalized spacial score (nSPS) is 14.8. The van der Waals surface area contributed by atoms with Gasteiger partial charge in [0.15, 0.2) is 4.75 Å². The third-order valence-electron chi connectivity index (χ3n) is 3.16. The summed E-state index contributed by atoms with van der Waals surface area (Å²) in [6, 6.07) is 8.79. The van der Waals surface area contributed by atoms with Crippen LogP contribution < -0.4 is 0 Å². The highest BCUT2D eigenvalue weighted by molar-refractivity contribution is 8.55. The van der Waals surface area contributed by atoms with E-state index in [1.54, 1.807) is 52.0 Å². The molecule has 1 rings (SSSR count). The lowest BCUT2D eigenvalue weighted by atomic mass is 9.87. The second-order valence-corrected chi connectivity index (χ2v) is 9.06. The molecule has 1 atom stereocenters. The SMILES string of the molecule is CCOP(=O)(OCC)SC(C(=O)O)(c1ccccc1)C(C)C. The monoisotopic (exact) mass is 346 g/mol. The molecule has 1 aromatic carbocycles. The number of rotatable bonds is 9. The van der Waals surface area contributed by atoms with E-state index in [0.29, 0.717) is 5.56 Å². The number of benzene rings is 1. The van der Waals surface area contributed by atoms with Crippen molar-refractivity contribution in [1.29, 1.82) is 0 Å². The van der Waals surface area contributed by atoms with Gasteiger partial charge in [-0.1, -0.05) is 44.2 Å². The van der Waals surface area contributed by atoms with E-state index in [0.717, 1.165) is 11.4 Å². The lowest BCUT2D eigenvalue weighted by Crippen LogP contribution is -2.37. The molecule has 5 nitrogen and oxygen atoms in total. The van der Waals surface area contributed by atoms with Crippen molar-refractivity contribution in [1.82, 2.24) is 0 Å². The van der Waals surface area contributed by atoms with Crippen molar-refractivity contribution in [3.05, 3.63) is 35.9 Å². The molecule has 1 aromatic rings. The van der Waals surface area contributed by atoms with Crippen LogP contribution in [-0.2, 0) is 23.2 Å². The van der Waals surface area contributed by atoms with E-state index in [9.17, 15) is 14.5 Å². The fourth-order valence-corrected chi connectivity index (χ4v) is 7.05. The quantitative estimate of drug-likeness (QED) is 0.662. The van der Waals surface area contributed by atoms with E-state index in [4.69, 9.17) is 9.05 Å². The van der Waals surface area contributed by atoms with Crippen LogP contribution in [0.25, 0.3) is 0 Å². The minimum Gasteiger partial charge on any atom is -0.480 e. The zero-order valence-corrected chi connectivity index (χ0v) is 15.0. The molecule has 1 N–H and O–H groups in total. The molecule has 124 valence electrons. The van der Waals surface area contributed by atoms with Gasteiger partial charge in [-0.05, 0) is 36.7 Å². The van der Waals surface area contributed by atoms with Gasteiger partial charge in [0.05, 0.1) is 13.2 Å². The Morgan fingerprint density at radius 3 is 2.09 bits per heavy atom. The molecular weight excluding hydrogens is 323 g/mol. The van der Waals surface area contributed by atoms with Gasteiger partial charge in [-0.25, -0.2) is 4.57 Å². The predicted molar refractivity (Wildman–Crippen MR) is 89.0 cm³/mol. The van der Waals surface area contributed by atoms with E-state index >= 15 is 0 Å². The molecule has 0 heterocycles. The summed E-state index contributed by atoms with van der Waals surface area (Å²) in [6.07, 6.45) is 0. The van der Waals surface area contributed by atoms with Gasteiger partial charge in [-0.15, -0.1) is 0 Å². The molecule has 0 aromatic heterocycles. The summed E-state index contributed by atoms with van der Waals surface area (Å²) in [5.74, 6) is -1.37. The first-order valence-corrected chi connectivity index (χ1v) is 10.2. The van der Waals surface area contributed by atoms with Crippen molar-refractivity contribution in [2.75, 3.05) is 13.2 Å². The summed E-state index contributed by atoms with van der Waals surface area (Å²) in [5, 5.41) is 9.89. The van der Waals surface area contributed by atoms with Crippen LogP contribution in [0.15, 0.2) is 30.3 Å². The van der Waals surface area contributed by atoms with Crippen LogP contribution >= 0.6 is 18.2 Å². The zero-order chi connectivity index (χ0) is 16.8. The first kappa shape index (κ1) is 19.2. The van der Waals surface area contributed by atoms with Gasteiger partial charge < -0.3 is 14.2 Å². The second kappa shape index (κ2) is 8.16. The average molecular weight is 346 g/mol. The Bertz CT molecular complexity index is 524. The zero-order valence-electron chi connectivity index (χ0n) is 13.3. The molecule has 1 unspecified atom stereocenters. The molecule has 0 amide bonds. The molecule has 0 aliphatic rings. The highest BCUT2D eigenvalue weighted by atomic mass is 32.7. The Kier molecular flexibility index (Phi) is 7.13. The minimum atomic E-state index is -3.58. The van der Waals surface area contributed by atoms with E-state index in [2.05, 4.69) is 0 Å². The van der Waals surface area contributed by atoms with Gasteiger partial charge >= 0.3 is 12.8 Å². The van der Waals surface area contributed by atoms with Crippen LogP contribution in [0.4, 0.5) is 0 Å². The van der Waals surface area contributed by atoms with Crippen LogP contribution in [0.3, 0.4) is 0 Å². The standard InChI is InChI=1S/C15H23O5PS/c1-5-19-21(18,20-6-2)22-15(12(3)4,14(16)17)13-10-8-7-9-11-13/h7-12H,5-6H2,1-4H3,(H,16,17). The maximum atomic E-state index is 12.9. The molecule has 7 heteroatoms. The summed E-state index contributed by atoms with van der Waals surface area (Å²) >= 11 is 0.770. The fraction of sp³-hybridized carbons (Fsp3) is 0.533. The van der Waals surface area contributed by atoms with Gasteiger partial charge in [-0.2, -0.15) is 0 Å². The molecule has 0 radical (unpaired) electrons. The first-order chi connectivity index (χ1) is 10.3. The Balaban J connectivity index is 3.38. The van der Waals surface area contributed by atoms with E-state index < -0.39 is 17.5 Å². The third-order valence-corrected chi connectivity index (χ3v) is 7.87. The summed E-state index contributed by atoms with van der Waals surface area (Å²) in [6.45, 7) is 3.77. The second-order valence-electron chi connectivity index (χ2n) is 4.94. The lowest BCUT2D eigenvalue weighted by molar-refractivity contribution is -0.141. The minimum absolute atomic E-state index is 0.187. The van der Waals surface area contributed by atoms with Gasteiger partial charge in [0, 0.05) is 0 Å². The topological polar surface area (TPSA) is 72.8 Å². The lowest BCUT2D eigenvalue weighted by Gasteiger charge is -2.35. The summed E-state index contributed by atoms with van der Waals surface area (Å²) < 4.78 is 22.0. The van der Waals surface area contributed by atoms with Crippen molar-refractivity contribution in [3.63, 3.8) is 0 Å². The average Bonchev–Trinajstić information content (AvgIpc) is 2.45. The van der Waals surface area contributed by atoms with Crippen LogP contribution in [0, 0.1) is 5.92 Å². The summed E-state index contributed by atoms with van der Waals surface area (Å²) in [5.41, 5.74) is 0.571. The predicted octanol–water partition coefficient (Wildman–Crippen LogP) is 4.54. The number of aliphatic carboxylic acids is 1. The summed E-state index contributed by atoms with van der Waals surface area (Å²) in [4.78, 5) is 12.1. The van der Waals surface area contributed by atoms with Crippen LogP contribution in [0.1, 0.15) is 33.3 Å². The van der Waals surface area contributed by atoms with Crippen molar-refractivity contribution >= 4 is 24.1 Å². The molecule has 0 aliphatic carbocycles. The molecule has 0 fully saturated rings. The van der Waals surface area contributed by atoms with Gasteiger partial charge in [0.25, 0.3) is 0 Å². The maximum absolute atomic E-state index is 12.9. The summed E-state index contributed by atoms with van der Waals surface area (Å²) in [7, 11) is 0. The Labute approximate surface area is 135 Å². The van der Waals surface area contributed by atoms with Crippen LogP contribution in [0.2, 0.25) is 0 Å². The Hall–Kier alpha value is -0.810. The molecule has 0 spiro atoms. The Morgan fingerprint density at radius 1 is 1.23 bits per heavy atom. The largest absolute Gasteiger partial charge is 0.480 e. The number of hydrogen-bond donors (Lipinski definition) is 1. The number of carboxylic acids is 1. The van der Waals surface area contributed by atoms with Crippen molar-refractivity contribution in [3.8, 4) is 0 Å². The van der Waals surface area contributed by atoms with Gasteiger partial charge in [-0.3, -0.25) is 4.79 Å². The van der Waals surface area contributed by atoms with Crippen LogP contribution in [0.5, 0.6) is 0 Å². The van der Waals surface area contributed by atoms with Crippen molar-refractivity contribution in [2.24, 2.45) is 5.92 Å². The molecule has 0 saturated carbocycles. The third kappa shape index (κ3) is 4.13. The van der Waals surface area contributed by atoms with Crippen molar-refractivity contribution in [2.45, 2.75) is 32.4 Å². The molecular formula is C15H23O5PS. The number of carboxylic acid groups (broad SMARTS) is 1. The molecule has 0 bridgehead atoms.